The third-order valence-corrected chi connectivity index (χ3v) is 5.48. The molecule has 2 fully saturated rings. The van der Waals surface area contributed by atoms with Gasteiger partial charge in [0, 0.05) is 25.6 Å². The third kappa shape index (κ3) is 2.96. The lowest BCUT2D eigenvalue weighted by molar-refractivity contribution is -0.136. The molecule has 3 atom stereocenters. The maximum Gasteiger partial charge on any atom is 0.255 e. The second-order valence-corrected chi connectivity index (χ2v) is 7.08. The Morgan fingerprint density at radius 3 is 2.69 bits per heavy atom. The number of hydrogen-bond acceptors (Lipinski definition) is 5. The van der Waals surface area contributed by atoms with E-state index in [0.717, 1.165) is 30.6 Å². The average Bonchev–Trinajstić information content (AvgIpc) is 3.19. The van der Waals surface area contributed by atoms with Gasteiger partial charge in [0.1, 0.15) is 17.9 Å². The van der Waals surface area contributed by atoms with Gasteiger partial charge < -0.3 is 14.4 Å². The van der Waals surface area contributed by atoms with Crippen molar-refractivity contribution in [1.82, 2.24) is 10.2 Å². The van der Waals surface area contributed by atoms with Crippen molar-refractivity contribution in [2.75, 3.05) is 7.11 Å². The Labute approximate surface area is 151 Å². The molecular formula is C19H22N2O5. The smallest absolute Gasteiger partial charge is 0.255 e. The molecule has 1 saturated carbocycles. The van der Waals surface area contributed by atoms with Crippen molar-refractivity contribution in [3.8, 4) is 5.75 Å². The summed E-state index contributed by atoms with van der Waals surface area (Å²) in [4.78, 5) is 37.6. The number of methoxy groups -OCH3 is 1. The summed E-state index contributed by atoms with van der Waals surface area (Å²) in [5, 5.41) is 2.31. The predicted molar refractivity (Wildman–Crippen MR) is 91.6 cm³/mol. The Morgan fingerprint density at radius 2 is 1.92 bits per heavy atom. The molecule has 1 unspecified atom stereocenters. The van der Waals surface area contributed by atoms with Crippen LogP contribution in [0, 0.1) is 0 Å². The number of imide groups is 1. The number of nitrogens with one attached hydrogen (secondary N) is 1. The summed E-state index contributed by atoms with van der Waals surface area (Å²) in [5.41, 5.74) is 1.45. The summed E-state index contributed by atoms with van der Waals surface area (Å²) in [6.45, 7) is 0.357. The summed E-state index contributed by atoms with van der Waals surface area (Å²) in [6.07, 6.45) is 3.78. The summed E-state index contributed by atoms with van der Waals surface area (Å²) < 4.78 is 11.5. The largest absolute Gasteiger partial charge is 0.488 e. The van der Waals surface area contributed by atoms with Gasteiger partial charge in [0.05, 0.1) is 6.10 Å². The summed E-state index contributed by atoms with van der Waals surface area (Å²) in [5.74, 6) is -0.129. The molecule has 26 heavy (non-hydrogen) atoms. The minimum Gasteiger partial charge on any atom is -0.488 e. The van der Waals surface area contributed by atoms with Crippen molar-refractivity contribution in [3.05, 3.63) is 29.3 Å². The molecule has 1 N–H and O–H groups in total. The van der Waals surface area contributed by atoms with E-state index in [4.69, 9.17) is 9.47 Å². The van der Waals surface area contributed by atoms with Crippen LogP contribution in [0.1, 0.15) is 48.0 Å². The number of nitrogens with zero attached hydrogens (tertiary/aromatic N) is 1. The lowest BCUT2D eigenvalue weighted by Gasteiger charge is -2.29. The summed E-state index contributed by atoms with van der Waals surface area (Å²) in [6, 6.07) is 4.85. The van der Waals surface area contributed by atoms with E-state index in [0.29, 0.717) is 18.5 Å². The van der Waals surface area contributed by atoms with Crippen molar-refractivity contribution in [3.63, 3.8) is 0 Å². The predicted octanol–water partition coefficient (Wildman–Crippen LogP) is 1.39. The second-order valence-electron chi connectivity index (χ2n) is 7.08. The molecule has 2 heterocycles. The molecular weight excluding hydrogens is 336 g/mol. The Hall–Kier alpha value is -2.41. The molecule has 4 rings (SSSR count). The quantitative estimate of drug-likeness (QED) is 0.823. The van der Waals surface area contributed by atoms with E-state index in [1.54, 1.807) is 24.1 Å². The number of piperidine rings is 1. The Bertz CT molecular complexity index is 762. The number of carbonyl (C=O) groups excluding carboxylic acids is 3. The SMILES string of the molecule is CO[C@H]1CCC[C@H]1Oc1ccc2c(c1)CN(C1CCC(=O)NC1=O)C2=O. The molecule has 1 saturated heterocycles. The second kappa shape index (κ2) is 6.72. The minimum absolute atomic E-state index is 0.0291. The van der Waals surface area contributed by atoms with Crippen molar-refractivity contribution in [2.24, 2.45) is 0 Å². The van der Waals surface area contributed by atoms with Gasteiger partial charge in [0.25, 0.3) is 5.91 Å². The molecule has 0 bridgehead atoms. The molecule has 138 valence electrons. The van der Waals surface area contributed by atoms with Crippen LogP contribution in [0.2, 0.25) is 0 Å². The monoisotopic (exact) mass is 358 g/mol. The van der Waals surface area contributed by atoms with Crippen LogP contribution in [0.4, 0.5) is 0 Å². The molecule has 1 aromatic carbocycles. The highest BCUT2D eigenvalue weighted by Crippen LogP contribution is 2.32. The summed E-state index contributed by atoms with van der Waals surface area (Å²) >= 11 is 0. The van der Waals surface area contributed by atoms with Gasteiger partial charge in [-0.25, -0.2) is 0 Å². The van der Waals surface area contributed by atoms with Crippen LogP contribution in [0.25, 0.3) is 0 Å². The molecule has 1 aromatic rings. The van der Waals surface area contributed by atoms with Gasteiger partial charge in [-0.15, -0.1) is 0 Å². The van der Waals surface area contributed by atoms with Crippen LogP contribution in [-0.2, 0) is 20.9 Å². The molecule has 3 aliphatic rings. The van der Waals surface area contributed by atoms with Crippen LogP contribution in [0.15, 0.2) is 18.2 Å². The first-order valence-electron chi connectivity index (χ1n) is 9.04. The number of benzene rings is 1. The molecule has 2 aliphatic heterocycles. The number of amides is 3. The van der Waals surface area contributed by atoms with Gasteiger partial charge in [-0.3, -0.25) is 19.7 Å². The topological polar surface area (TPSA) is 84.9 Å². The van der Waals surface area contributed by atoms with Crippen LogP contribution in [-0.4, -0.2) is 48.0 Å². The highest BCUT2D eigenvalue weighted by molar-refractivity contribution is 6.05. The zero-order valence-corrected chi connectivity index (χ0v) is 14.7. The normalized spacial score (nSPS) is 28.3. The fraction of sp³-hybridized carbons (Fsp3) is 0.526. The maximum absolute atomic E-state index is 12.7. The average molecular weight is 358 g/mol. The molecule has 1 aliphatic carbocycles. The number of fused-ring (bicyclic) bond motifs is 1. The van der Waals surface area contributed by atoms with E-state index in [-0.39, 0.29) is 30.4 Å². The van der Waals surface area contributed by atoms with Crippen molar-refractivity contribution in [2.45, 2.75) is 56.9 Å². The van der Waals surface area contributed by atoms with E-state index in [9.17, 15) is 14.4 Å². The van der Waals surface area contributed by atoms with E-state index in [1.807, 2.05) is 6.07 Å². The van der Waals surface area contributed by atoms with Crippen LogP contribution < -0.4 is 10.1 Å². The van der Waals surface area contributed by atoms with Gasteiger partial charge in [0.2, 0.25) is 11.8 Å². The van der Waals surface area contributed by atoms with Gasteiger partial charge in [0.15, 0.2) is 0 Å². The number of hydrogen-bond donors (Lipinski definition) is 1. The molecule has 3 amide bonds. The minimum atomic E-state index is -0.593. The molecule has 7 nitrogen and oxygen atoms in total. The van der Waals surface area contributed by atoms with Gasteiger partial charge in [-0.2, -0.15) is 0 Å². The molecule has 0 aromatic heterocycles. The zero-order chi connectivity index (χ0) is 18.3. The Kier molecular flexibility index (Phi) is 4.40. The number of ether oxygens (including phenoxy) is 2. The van der Waals surface area contributed by atoms with Gasteiger partial charge in [-0.05, 0) is 49.4 Å². The molecule has 7 heteroatoms. The lowest BCUT2D eigenvalue weighted by Crippen LogP contribution is -2.52. The third-order valence-electron chi connectivity index (χ3n) is 5.48. The lowest BCUT2D eigenvalue weighted by atomic mass is 10.0. The number of rotatable bonds is 4. The molecule has 0 radical (unpaired) electrons. The fourth-order valence-corrected chi connectivity index (χ4v) is 4.10. The van der Waals surface area contributed by atoms with E-state index >= 15 is 0 Å². The standard InChI is InChI=1S/C19H22N2O5/c1-25-15-3-2-4-16(15)26-12-5-6-13-11(9-12)10-21(19(13)24)14-7-8-17(22)20-18(14)23/h5-6,9,14-16H,2-4,7-8,10H2,1H3,(H,20,22,23)/t14?,15-,16+/m0/s1. The van der Waals surface area contributed by atoms with Crippen molar-refractivity contribution < 1.29 is 23.9 Å². The Morgan fingerprint density at radius 1 is 1.12 bits per heavy atom. The molecule has 0 spiro atoms. The first-order valence-corrected chi connectivity index (χ1v) is 9.04. The van der Waals surface area contributed by atoms with Crippen LogP contribution in [0.5, 0.6) is 5.75 Å². The van der Waals surface area contributed by atoms with E-state index in [2.05, 4.69) is 5.32 Å². The first kappa shape index (κ1) is 17.0. The van der Waals surface area contributed by atoms with E-state index < -0.39 is 11.9 Å². The fourth-order valence-electron chi connectivity index (χ4n) is 4.10. The van der Waals surface area contributed by atoms with Gasteiger partial charge in [-0.1, -0.05) is 0 Å². The zero-order valence-electron chi connectivity index (χ0n) is 14.7. The first-order chi connectivity index (χ1) is 12.6. The van der Waals surface area contributed by atoms with E-state index in [1.165, 1.54) is 0 Å². The van der Waals surface area contributed by atoms with Crippen molar-refractivity contribution >= 4 is 17.7 Å². The highest BCUT2D eigenvalue weighted by atomic mass is 16.5. The highest BCUT2D eigenvalue weighted by Gasteiger charge is 2.39. The maximum atomic E-state index is 12.7. The van der Waals surface area contributed by atoms with Crippen LogP contribution in [0.3, 0.4) is 0 Å². The van der Waals surface area contributed by atoms with Crippen LogP contribution >= 0.6 is 0 Å². The van der Waals surface area contributed by atoms with Gasteiger partial charge >= 0.3 is 0 Å². The van der Waals surface area contributed by atoms with Crippen molar-refractivity contribution in [1.29, 1.82) is 0 Å². The summed E-state index contributed by atoms with van der Waals surface area (Å²) in [7, 11) is 1.70. The Balaban J connectivity index is 1.50. The number of carbonyl (C=O) groups is 3.